The fourth-order valence-electron chi connectivity index (χ4n) is 6.01. The number of carbonyl (C=O) groups excluding carboxylic acids is 2. The molecule has 2 aromatic carbocycles. The van der Waals surface area contributed by atoms with Crippen molar-refractivity contribution < 1.29 is 14.3 Å². The van der Waals surface area contributed by atoms with E-state index >= 15 is 0 Å². The Morgan fingerprint density at radius 1 is 0.907 bits per heavy atom. The number of nitrogens with one attached hydrogen (secondary N) is 1. The van der Waals surface area contributed by atoms with E-state index in [1.54, 1.807) is 6.07 Å². The number of ether oxygens (including phenoxy) is 1. The summed E-state index contributed by atoms with van der Waals surface area (Å²) in [6.07, 6.45) is 4.86. The van der Waals surface area contributed by atoms with Gasteiger partial charge in [0.05, 0.1) is 19.1 Å². The van der Waals surface area contributed by atoms with Crippen LogP contribution in [0.3, 0.4) is 0 Å². The van der Waals surface area contributed by atoms with Gasteiger partial charge in [-0.1, -0.05) is 23.7 Å². The fourth-order valence-corrected chi connectivity index (χ4v) is 6.19. The quantitative estimate of drug-likeness (QED) is 0.406. The number of anilines is 2. The van der Waals surface area contributed by atoms with Crippen molar-refractivity contribution in [1.29, 1.82) is 0 Å². The third-order valence-electron chi connectivity index (χ3n) is 8.35. The van der Waals surface area contributed by atoms with E-state index in [2.05, 4.69) is 20.1 Å². The molecular weight excluding hydrogens is 566 g/mol. The Labute approximate surface area is 257 Å². The van der Waals surface area contributed by atoms with Crippen LogP contribution in [0, 0.1) is 6.92 Å². The van der Waals surface area contributed by atoms with E-state index in [9.17, 15) is 9.59 Å². The molecule has 10 nitrogen and oxygen atoms in total. The number of aryl methyl sites for hydroxylation is 1. The number of piperazine rings is 1. The average Bonchev–Trinajstić information content (AvgIpc) is 3.55. The number of rotatable bonds is 8. The molecule has 11 heteroatoms. The van der Waals surface area contributed by atoms with Crippen molar-refractivity contribution in [1.82, 2.24) is 24.7 Å². The SMILES string of the molecule is Cc1ncc2c(n1)N(CC(=O)N1CCN(CC(=O)N3CCCC3)CC1)CCC2Nc1cccc(Oc2cccc(Cl)c2)c1. The Balaban J connectivity index is 1.07. The van der Waals surface area contributed by atoms with Gasteiger partial charge in [-0.3, -0.25) is 14.5 Å². The highest BCUT2D eigenvalue weighted by Gasteiger charge is 2.31. The third-order valence-corrected chi connectivity index (χ3v) is 8.59. The van der Waals surface area contributed by atoms with Crippen molar-refractivity contribution in [2.75, 3.05) is 69.1 Å². The van der Waals surface area contributed by atoms with Crippen molar-refractivity contribution in [3.05, 3.63) is 71.1 Å². The second-order valence-corrected chi connectivity index (χ2v) is 11.9. The van der Waals surface area contributed by atoms with Crippen molar-refractivity contribution in [3.63, 3.8) is 0 Å². The van der Waals surface area contributed by atoms with Gasteiger partial charge in [-0.15, -0.1) is 0 Å². The van der Waals surface area contributed by atoms with Crippen LogP contribution < -0.4 is 15.0 Å². The number of carbonyl (C=O) groups is 2. The van der Waals surface area contributed by atoms with Crippen LogP contribution in [0.1, 0.15) is 36.7 Å². The molecule has 2 saturated heterocycles. The highest BCUT2D eigenvalue weighted by molar-refractivity contribution is 6.30. The molecule has 1 N–H and O–H groups in total. The molecule has 1 aromatic heterocycles. The van der Waals surface area contributed by atoms with Crippen LogP contribution in [0.2, 0.25) is 5.02 Å². The molecule has 4 heterocycles. The lowest BCUT2D eigenvalue weighted by Crippen LogP contribution is -2.53. The van der Waals surface area contributed by atoms with Crippen molar-refractivity contribution in [3.8, 4) is 11.5 Å². The van der Waals surface area contributed by atoms with E-state index in [0.717, 1.165) is 62.5 Å². The molecular formula is C32H38ClN7O3. The molecule has 6 rings (SSSR count). The molecule has 226 valence electrons. The molecule has 43 heavy (non-hydrogen) atoms. The minimum absolute atomic E-state index is 0.0138. The Morgan fingerprint density at radius 3 is 2.37 bits per heavy atom. The Bertz CT molecular complexity index is 1460. The maximum absolute atomic E-state index is 13.4. The molecule has 2 fully saturated rings. The maximum atomic E-state index is 13.4. The molecule has 0 saturated carbocycles. The summed E-state index contributed by atoms with van der Waals surface area (Å²) in [5.41, 5.74) is 1.89. The Morgan fingerprint density at radius 2 is 1.60 bits per heavy atom. The Kier molecular flexibility index (Phi) is 8.95. The van der Waals surface area contributed by atoms with E-state index < -0.39 is 0 Å². The van der Waals surface area contributed by atoms with Gasteiger partial charge in [0.1, 0.15) is 23.1 Å². The summed E-state index contributed by atoms with van der Waals surface area (Å²) in [5, 5.41) is 4.25. The van der Waals surface area contributed by atoms with Gasteiger partial charge in [0, 0.05) is 74.3 Å². The summed E-state index contributed by atoms with van der Waals surface area (Å²) in [6.45, 7) is 7.73. The number of nitrogens with zero attached hydrogens (tertiary/aromatic N) is 6. The zero-order valence-corrected chi connectivity index (χ0v) is 25.3. The van der Waals surface area contributed by atoms with Crippen molar-refractivity contribution in [2.45, 2.75) is 32.2 Å². The van der Waals surface area contributed by atoms with Gasteiger partial charge in [0.2, 0.25) is 11.8 Å². The number of hydrogen-bond donors (Lipinski definition) is 1. The smallest absolute Gasteiger partial charge is 0.242 e. The van der Waals surface area contributed by atoms with Gasteiger partial charge in [-0.25, -0.2) is 9.97 Å². The second-order valence-electron chi connectivity index (χ2n) is 11.4. The lowest BCUT2D eigenvalue weighted by atomic mass is 10.00. The summed E-state index contributed by atoms with van der Waals surface area (Å²) >= 11 is 6.11. The normalized spacial score (nSPS) is 18.8. The first-order chi connectivity index (χ1) is 20.9. The average molecular weight is 604 g/mol. The second kappa shape index (κ2) is 13.2. The largest absolute Gasteiger partial charge is 0.457 e. The first-order valence-electron chi connectivity index (χ1n) is 15.1. The van der Waals surface area contributed by atoms with Gasteiger partial charge in [0.15, 0.2) is 0 Å². The zero-order valence-electron chi connectivity index (χ0n) is 24.5. The molecule has 0 aliphatic carbocycles. The summed E-state index contributed by atoms with van der Waals surface area (Å²) in [7, 11) is 0. The highest BCUT2D eigenvalue weighted by atomic mass is 35.5. The summed E-state index contributed by atoms with van der Waals surface area (Å²) in [6, 6.07) is 15.1. The predicted octanol–water partition coefficient (Wildman–Crippen LogP) is 4.36. The number of likely N-dealkylation sites (tertiary alicyclic amines) is 1. The first kappa shape index (κ1) is 29.2. The lowest BCUT2D eigenvalue weighted by molar-refractivity contribution is -0.133. The van der Waals surface area contributed by atoms with Gasteiger partial charge in [-0.2, -0.15) is 0 Å². The first-order valence-corrected chi connectivity index (χ1v) is 15.5. The molecule has 0 spiro atoms. The number of fused-ring (bicyclic) bond motifs is 1. The minimum Gasteiger partial charge on any atom is -0.457 e. The molecule has 0 bridgehead atoms. The van der Waals surface area contributed by atoms with Gasteiger partial charge in [0.25, 0.3) is 0 Å². The molecule has 3 aliphatic rings. The van der Waals surface area contributed by atoms with Crippen molar-refractivity contribution in [2.24, 2.45) is 0 Å². The maximum Gasteiger partial charge on any atom is 0.242 e. The molecule has 0 radical (unpaired) electrons. The fraction of sp³-hybridized carbons (Fsp3) is 0.438. The molecule has 1 atom stereocenters. The molecule has 2 amide bonds. The predicted molar refractivity (Wildman–Crippen MR) is 167 cm³/mol. The highest BCUT2D eigenvalue weighted by Crippen LogP contribution is 2.35. The Hall–Kier alpha value is -3.89. The standard InChI is InChI=1S/C32H38ClN7O3/c1-23-34-20-28-29(36-25-7-5-9-27(19-25)43-26-8-4-6-24(33)18-26)10-13-40(32(28)35-23)22-31(42)39-16-14-37(15-17-39)21-30(41)38-11-2-3-12-38/h4-9,18-20,29,36H,2-3,10-17,21-22H2,1H3. The monoisotopic (exact) mass is 603 g/mol. The van der Waals surface area contributed by atoms with E-state index in [1.165, 1.54) is 0 Å². The van der Waals surface area contributed by atoms with Crippen LogP contribution >= 0.6 is 11.6 Å². The minimum atomic E-state index is -0.0138. The number of halogens is 1. The summed E-state index contributed by atoms with van der Waals surface area (Å²) < 4.78 is 6.02. The summed E-state index contributed by atoms with van der Waals surface area (Å²) in [5.74, 6) is 3.15. The molecule has 1 unspecified atom stereocenters. The molecule has 3 aliphatic heterocycles. The van der Waals surface area contributed by atoms with Gasteiger partial charge < -0.3 is 24.8 Å². The number of benzene rings is 2. The number of amides is 2. The van der Waals surface area contributed by atoms with E-state index in [0.29, 0.717) is 48.5 Å². The number of hydrogen-bond acceptors (Lipinski definition) is 8. The molecule has 3 aromatic rings. The van der Waals surface area contributed by atoms with E-state index in [4.69, 9.17) is 21.3 Å². The zero-order chi connectivity index (χ0) is 29.8. The van der Waals surface area contributed by atoms with E-state index in [1.807, 2.05) is 65.4 Å². The van der Waals surface area contributed by atoms with Crippen LogP contribution in [0.5, 0.6) is 11.5 Å². The number of aromatic nitrogens is 2. The van der Waals surface area contributed by atoms with Gasteiger partial charge >= 0.3 is 0 Å². The topological polar surface area (TPSA) is 94.1 Å². The van der Waals surface area contributed by atoms with Crippen LogP contribution in [-0.2, 0) is 9.59 Å². The third kappa shape index (κ3) is 7.19. The van der Waals surface area contributed by atoms with Crippen molar-refractivity contribution >= 4 is 34.9 Å². The van der Waals surface area contributed by atoms with Crippen LogP contribution in [0.4, 0.5) is 11.5 Å². The van der Waals surface area contributed by atoms with Crippen LogP contribution in [-0.4, -0.2) is 95.4 Å². The van der Waals surface area contributed by atoms with E-state index in [-0.39, 0.29) is 24.4 Å². The lowest BCUT2D eigenvalue weighted by Gasteiger charge is -2.38. The van der Waals surface area contributed by atoms with Crippen LogP contribution in [0.25, 0.3) is 0 Å². The van der Waals surface area contributed by atoms with Crippen LogP contribution in [0.15, 0.2) is 54.7 Å². The van der Waals surface area contributed by atoms with Gasteiger partial charge in [-0.05, 0) is 56.5 Å². The summed E-state index contributed by atoms with van der Waals surface area (Å²) in [4.78, 5) is 43.3.